The second-order valence-electron chi connectivity index (χ2n) is 12.1. The number of alkyl halides is 6. The fourth-order valence-electron chi connectivity index (χ4n) is 4.95. The van der Waals surface area contributed by atoms with Crippen molar-refractivity contribution in [3.05, 3.63) is 107 Å². The summed E-state index contributed by atoms with van der Waals surface area (Å²) in [7, 11) is -3.33. The Kier molecular flexibility index (Phi) is 14.3. The van der Waals surface area contributed by atoms with Gasteiger partial charge in [-0.1, -0.05) is 48.5 Å². The number of rotatable bonds is 9. The Hall–Kier alpha value is -5.80. The maximum Gasteiger partial charge on any atom is 0.488 e. The van der Waals surface area contributed by atoms with Crippen molar-refractivity contribution < 1.29 is 53.2 Å². The summed E-state index contributed by atoms with van der Waals surface area (Å²) >= 11 is 0. The molecule has 0 aliphatic heterocycles. The van der Waals surface area contributed by atoms with Crippen molar-refractivity contribution in [1.82, 2.24) is 49.9 Å². The second kappa shape index (κ2) is 18.4. The van der Waals surface area contributed by atoms with Crippen LogP contribution in [0.2, 0.25) is 0 Å². The highest BCUT2D eigenvalue weighted by Gasteiger charge is 2.32. The van der Waals surface area contributed by atoms with Gasteiger partial charge in [-0.05, 0) is 83.9 Å². The Labute approximate surface area is 333 Å². The number of nitrogens with two attached hydrogens (primary N) is 1. The number of sulfonamides is 2. The molecule has 0 saturated carbocycles. The van der Waals surface area contributed by atoms with E-state index in [0.717, 1.165) is 24.3 Å². The third-order valence-electron chi connectivity index (χ3n) is 7.92. The average molecular weight is 870 g/mol. The summed E-state index contributed by atoms with van der Waals surface area (Å²) in [5, 5.41) is 40.4. The zero-order valence-corrected chi connectivity index (χ0v) is 32.8. The van der Waals surface area contributed by atoms with Gasteiger partial charge in [0.05, 0.1) is 35.0 Å². The van der Waals surface area contributed by atoms with Gasteiger partial charge in [-0.25, -0.2) is 26.3 Å². The molecule has 314 valence electrons. The molecule has 2 aromatic heterocycles. The molecule has 0 unspecified atom stereocenters. The van der Waals surface area contributed by atoms with Gasteiger partial charge < -0.3 is 15.8 Å². The van der Waals surface area contributed by atoms with Crippen LogP contribution in [0.15, 0.2) is 94.7 Å². The summed E-state index contributed by atoms with van der Waals surface area (Å²) < 4.78 is 127. The van der Waals surface area contributed by atoms with Crippen molar-refractivity contribution in [1.29, 1.82) is 0 Å². The molecule has 4 aromatic carbocycles. The van der Waals surface area contributed by atoms with Crippen molar-refractivity contribution in [2.24, 2.45) is 14.1 Å². The molecule has 0 amide bonds. The lowest BCUT2D eigenvalue weighted by Gasteiger charge is -2.12. The molecule has 0 fully saturated rings. The first-order valence-electron chi connectivity index (χ1n) is 16.5. The molecule has 6 N–H and O–H groups in total. The maximum atomic E-state index is 13.0. The van der Waals surface area contributed by atoms with Gasteiger partial charge >= 0.3 is 19.5 Å². The van der Waals surface area contributed by atoms with Crippen molar-refractivity contribution in [3.63, 3.8) is 0 Å². The van der Waals surface area contributed by atoms with Crippen molar-refractivity contribution in [3.8, 4) is 22.8 Å². The topological polar surface area (TPSA) is 246 Å². The number of anilines is 1. The maximum absolute atomic E-state index is 13.0. The summed E-state index contributed by atoms with van der Waals surface area (Å²) in [6.45, 7) is 0. The Bertz CT molecular complexity index is 2620. The number of aromatic nitrogens is 8. The van der Waals surface area contributed by atoms with Crippen LogP contribution in [0.4, 0.5) is 32.0 Å². The molecule has 0 spiro atoms. The number of hydrogen-bond donors (Lipinski definition) is 5. The third-order valence-corrected chi connectivity index (χ3v) is 10.7. The van der Waals surface area contributed by atoms with Crippen LogP contribution in [-0.4, -0.2) is 88.5 Å². The molecule has 26 heteroatoms. The number of nitrogens with zero attached hydrogens (tertiary/aromatic N) is 8. The van der Waals surface area contributed by atoms with E-state index in [1.807, 2.05) is 0 Å². The summed E-state index contributed by atoms with van der Waals surface area (Å²) in [5.41, 5.74) is 6.16. The summed E-state index contributed by atoms with van der Waals surface area (Å²) in [6, 6.07) is 17.5. The molecular weight excluding hydrogens is 835 g/mol. The van der Waals surface area contributed by atoms with E-state index in [2.05, 4.69) is 40.3 Å². The van der Waals surface area contributed by atoms with Gasteiger partial charge in [-0.2, -0.15) is 35.9 Å². The number of benzene rings is 4. The predicted molar refractivity (Wildman–Crippen MR) is 201 cm³/mol. The second-order valence-corrected chi connectivity index (χ2v) is 15.8. The molecule has 0 saturated heterocycles. The molecule has 0 aliphatic carbocycles. The molecule has 0 atom stereocenters. The Morgan fingerprint density at radius 3 is 1.63 bits per heavy atom. The van der Waals surface area contributed by atoms with E-state index < -0.39 is 50.6 Å². The monoisotopic (exact) mass is 869 g/mol. The normalized spacial score (nSPS) is 11.9. The first kappa shape index (κ1) is 45.9. The Morgan fingerprint density at radius 1 is 0.678 bits per heavy atom. The van der Waals surface area contributed by atoms with E-state index in [1.54, 1.807) is 20.2 Å². The lowest BCUT2D eigenvalue weighted by molar-refractivity contribution is -0.138. The van der Waals surface area contributed by atoms with Crippen LogP contribution in [0.1, 0.15) is 22.3 Å². The predicted octanol–water partition coefficient (Wildman–Crippen LogP) is 2.15. The fourth-order valence-corrected chi connectivity index (χ4v) is 6.47. The van der Waals surface area contributed by atoms with Crippen LogP contribution in [0.25, 0.3) is 22.8 Å². The van der Waals surface area contributed by atoms with E-state index in [0.29, 0.717) is 34.0 Å². The quantitative estimate of drug-likeness (QED) is 0.0796. The minimum Gasteiger partial charge on any atom is -0.423 e. The minimum atomic E-state index is -4.45. The first-order chi connectivity index (χ1) is 27.4. The summed E-state index contributed by atoms with van der Waals surface area (Å²) in [6.07, 6.45) is -8.77. The van der Waals surface area contributed by atoms with Crippen molar-refractivity contribution >= 4 is 38.3 Å². The Balaban J connectivity index is 0.000000213. The van der Waals surface area contributed by atoms with Crippen LogP contribution in [-0.2, 0) is 52.9 Å². The van der Waals surface area contributed by atoms with Crippen LogP contribution in [0.5, 0.6) is 0 Å². The van der Waals surface area contributed by atoms with Gasteiger partial charge in [0.1, 0.15) is 0 Å². The number of nitrogens with one attached hydrogen (secondary N) is 2. The van der Waals surface area contributed by atoms with E-state index in [-0.39, 0.29) is 33.3 Å². The molecule has 6 aromatic rings. The van der Waals surface area contributed by atoms with Crippen molar-refractivity contribution in [2.45, 2.75) is 28.6 Å². The lowest BCUT2D eigenvalue weighted by Crippen LogP contribution is -2.30. The summed E-state index contributed by atoms with van der Waals surface area (Å²) in [5.74, 6) is 0.459. The fraction of sp³-hybridized carbons (Fsp3) is 0.212. The molecule has 59 heavy (non-hydrogen) atoms. The summed E-state index contributed by atoms with van der Waals surface area (Å²) in [4.78, 5) is 2.57. The molecule has 0 bridgehead atoms. The zero-order valence-electron chi connectivity index (χ0n) is 31.1. The zero-order chi connectivity index (χ0) is 43.9. The van der Waals surface area contributed by atoms with E-state index in [4.69, 9.17) is 15.8 Å². The van der Waals surface area contributed by atoms with Gasteiger partial charge in [0.25, 0.3) is 0 Å². The molecule has 2 heterocycles. The van der Waals surface area contributed by atoms with E-state index in [9.17, 15) is 43.2 Å². The van der Waals surface area contributed by atoms with Gasteiger partial charge in [0, 0.05) is 16.8 Å². The number of aryl methyl sites for hydroxylation is 2. The largest absolute Gasteiger partial charge is 0.488 e. The number of halogens is 6. The highest BCUT2D eigenvalue weighted by molar-refractivity contribution is 7.89. The molecular formula is C33H34BF6N11O6S2. The standard InChI is InChI=1S/C17H16F3N5O2S.C9H12N6O2S.C7H6BF3O2/c1-21-28(26,27)14-7-6-12(15(10-14)16-22-24-25(2)23-16)8-11-4-3-5-13(9-11)17(18,19)20;1-11-18(16,17)6-3-4-8(10)7(5-6)9-12-14-15(2)13-9;9-7(10,11)5-2-1-3-6(4-5)8(12)13/h3-7,9-10,21H,8H2,1-2H3;3-5,11H,10H2,1-2H3;1-4,12-13H. The SMILES string of the molecule is CNS(=O)(=O)c1ccc(Cc2cccc(C(F)(F)F)c2)c(-c2nnn(C)n2)c1.CNS(=O)(=O)c1ccc(N)c(-c2nnn(C)n2)c1.OB(O)c1cccc(C(F)(F)F)c1. The van der Waals surface area contributed by atoms with Crippen molar-refractivity contribution in [2.75, 3.05) is 19.8 Å². The smallest absolute Gasteiger partial charge is 0.423 e. The van der Waals surface area contributed by atoms with E-state index in [1.165, 1.54) is 72.2 Å². The third kappa shape index (κ3) is 12.1. The van der Waals surface area contributed by atoms with Gasteiger partial charge in [-0.15, -0.1) is 20.4 Å². The molecule has 17 nitrogen and oxygen atoms in total. The van der Waals surface area contributed by atoms with Crippen LogP contribution in [0, 0.1) is 0 Å². The minimum absolute atomic E-state index is 0.00903. The molecule has 0 aliphatic rings. The van der Waals surface area contributed by atoms with Gasteiger partial charge in [-0.3, -0.25) is 0 Å². The average Bonchev–Trinajstić information content (AvgIpc) is 3.82. The number of tetrazole rings is 2. The highest BCUT2D eigenvalue weighted by atomic mass is 32.2. The van der Waals surface area contributed by atoms with Gasteiger partial charge in [0.15, 0.2) is 0 Å². The molecule has 6 rings (SSSR count). The number of hydrogen-bond acceptors (Lipinski definition) is 13. The highest BCUT2D eigenvalue weighted by Crippen LogP contribution is 2.32. The molecule has 0 radical (unpaired) electrons. The van der Waals surface area contributed by atoms with Crippen LogP contribution >= 0.6 is 0 Å². The van der Waals surface area contributed by atoms with Gasteiger partial charge in [0.2, 0.25) is 31.7 Å². The van der Waals surface area contributed by atoms with E-state index >= 15 is 0 Å². The number of nitrogen functional groups attached to an aromatic ring is 1. The Morgan fingerprint density at radius 2 is 1.15 bits per heavy atom. The van der Waals surface area contributed by atoms with Crippen LogP contribution < -0.4 is 20.6 Å². The van der Waals surface area contributed by atoms with Crippen LogP contribution in [0.3, 0.4) is 0 Å². The lowest BCUT2D eigenvalue weighted by atomic mass is 9.79. The first-order valence-corrected chi connectivity index (χ1v) is 19.5.